The molecule has 1 aliphatic carbocycles. The highest BCUT2D eigenvalue weighted by Crippen LogP contribution is 2.55. The van der Waals surface area contributed by atoms with Gasteiger partial charge in [-0.3, -0.25) is 9.67 Å². The maximum absolute atomic E-state index is 12.8. The number of aryl methyl sites for hydroxylation is 1. The fraction of sp³-hybridized carbons (Fsp3) is 0.500. The van der Waals surface area contributed by atoms with Gasteiger partial charge in [0, 0.05) is 29.9 Å². The molecule has 1 N–H and O–H groups in total. The number of nitrogens with one attached hydrogen (secondary N) is 1. The van der Waals surface area contributed by atoms with Gasteiger partial charge in [-0.05, 0) is 44.4 Å². The SMILES string of the molecule is Cc1cc2c(C3(S(C)(=O)=O)CC3)cc(N3CCOC[C@H]3C)nc2n1-c1ccn[nH]1. The fourth-order valence-corrected chi connectivity index (χ4v) is 5.92. The lowest BCUT2D eigenvalue weighted by atomic mass is 10.1. The van der Waals surface area contributed by atoms with Crippen molar-refractivity contribution in [2.45, 2.75) is 37.5 Å². The number of aromatic nitrogens is 4. The summed E-state index contributed by atoms with van der Waals surface area (Å²) < 4.78 is 32.3. The van der Waals surface area contributed by atoms with Crippen LogP contribution in [0.1, 0.15) is 31.0 Å². The molecule has 8 nitrogen and oxygen atoms in total. The quantitative estimate of drug-likeness (QED) is 0.703. The van der Waals surface area contributed by atoms with Gasteiger partial charge >= 0.3 is 0 Å². The van der Waals surface area contributed by atoms with Crippen LogP contribution in [0.25, 0.3) is 16.9 Å². The maximum atomic E-state index is 12.8. The van der Waals surface area contributed by atoms with Gasteiger partial charge in [-0.25, -0.2) is 13.4 Å². The molecule has 0 aromatic carbocycles. The van der Waals surface area contributed by atoms with Crippen LogP contribution in [0.5, 0.6) is 0 Å². The summed E-state index contributed by atoms with van der Waals surface area (Å²) in [4.78, 5) is 7.21. The Morgan fingerprint density at radius 3 is 2.72 bits per heavy atom. The predicted molar refractivity (Wildman–Crippen MR) is 111 cm³/mol. The Kier molecular flexibility index (Phi) is 4.05. The van der Waals surface area contributed by atoms with Crippen LogP contribution in [-0.2, 0) is 19.3 Å². The van der Waals surface area contributed by atoms with Gasteiger partial charge in [0.05, 0.1) is 30.2 Å². The first-order valence-electron chi connectivity index (χ1n) is 9.89. The highest BCUT2D eigenvalue weighted by molar-refractivity contribution is 7.92. The van der Waals surface area contributed by atoms with Crippen molar-refractivity contribution < 1.29 is 13.2 Å². The number of sulfone groups is 1. The Balaban J connectivity index is 1.80. The molecule has 29 heavy (non-hydrogen) atoms. The number of ether oxygens (including phenoxy) is 1. The molecular formula is C20H25N5O3S. The molecule has 1 aliphatic heterocycles. The number of rotatable bonds is 4. The number of H-pyrrole nitrogens is 1. The van der Waals surface area contributed by atoms with Gasteiger partial charge in [0.15, 0.2) is 9.84 Å². The Morgan fingerprint density at radius 2 is 2.10 bits per heavy atom. The van der Waals surface area contributed by atoms with Gasteiger partial charge in [-0.15, -0.1) is 0 Å². The largest absolute Gasteiger partial charge is 0.377 e. The molecule has 4 heterocycles. The number of anilines is 1. The molecule has 1 saturated carbocycles. The minimum Gasteiger partial charge on any atom is -0.377 e. The molecule has 3 aromatic rings. The van der Waals surface area contributed by atoms with Crippen LogP contribution < -0.4 is 4.90 Å². The van der Waals surface area contributed by atoms with Crippen LogP contribution in [0.4, 0.5) is 5.82 Å². The second-order valence-electron chi connectivity index (χ2n) is 8.21. The summed E-state index contributed by atoms with van der Waals surface area (Å²) in [5.74, 6) is 1.62. The molecule has 9 heteroatoms. The minimum absolute atomic E-state index is 0.173. The van der Waals surface area contributed by atoms with Gasteiger partial charge in [0.1, 0.15) is 17.3 Å². The molecule has 0 radical (unpaired) electrons. The average Bonchev–Trinajstić information content (AvgIpc) is 3.20. The Bertz CT molecular complexity index is 1180. The lowest BCUT2D eigenvalue weighted by Gasteiger charge is -2.35. The van der Waals surface area contributed by atoms with Crippen molar-refractivity contribution in [2.75, 3.05) is 30.9 Å². The highest BCUT2D eigenvalue weighted by Gasteiger charge is 2.54. The summed E-state index contributed by atoms with van der Waals surface area (Å²) in [7, 11) is -3.25. The number of morpholine rings is 1. The smallest absolute Gasteiger partial charge is 0.157 e. The summed E-state index contributed by atoms with van der Waals surface area (Å²) in [5, 5.41) is 7.98. The van der Waals surface area contributed by atoms with E-state index in [9.17, 15) is 8.42 Å². The zero-order valence-corrected chi connectivity index (χ0v) is 17.7. The zero-order valence-electron chi connectivity index (χ0n) is 16.8. The lowest BCUT2D eigenvalue weighted by molar-refractivity contribution is 0.0985. The average molecular weight is 416 g/mol. The fourth-order valence-electron chi connectivity index (χ4n) is 4.50. The Labute approximate surface area is 169 Å². The third-order valence-corrected chi connectivity index (χ3v) is 8.28. The van der Waals surface area contributed by atoms with E-state index in [-0.39, 0.29) is 6.04 Å². The van der Waals surface area contributed by atoms with E-state index in [2.05, 4.69) is 22.0 Å². The molecule has 0 unspecified atom stereocenters. The highest BCUT2D eigenvalue weighted by atomic mass is 32.2. The van der Waals surface area contributed by atoms with Crippen molar-refractivity contribution in [1.82, 2.24) is 19.7 Å². The molecule has 3 aromatic heterocycles. The molecule has 0 amide bonds. The van der Waals surface area contributed by atoms with Crippen molar-refractivity contribution in [2.24, 2.45) is 0 Å². The molecule has 1 atom stereocenters. The summed E-state index contributed by atoms with van der Waals surface area (Å²) in [6.07, 6.45) is 4.35. The summed E-state index contributed by atoms with van der Waals surface area (Å²) in [5.41, 5.74) is 2.60. The van der Waals surface area contributed by atoms with E-state index in [0.29, 0.717) is 26.1 Å². The number of nitrogens with zero attached hydrogens (tertiary/aromatic N) is 4. The number of aromatic amines is 1. The second-order valence-corrected chi connectivity index (χ2v) is 10.5. The maximum Gasteiger partial charge on any atom is 0.157 e. The number of fused-ring (bicyclic) bond motifs is 1. The Morgan fingerprint density at radius 1 is 1.31 bits per heavy atom. The van der Waals surface area contributed by atoms with Crippen molar-refractivity contribution >= 4 is 26.7 Å². The molecule has 0 spiro atoms. The first-order chi connectivity index (χ1) is 13.8. The molecule has 2 fully saturated rings. The zero-order chi connectivity index (χ0) is 20.4. The summed E-state index contributed by atoms with van der Waals surface area (Å²) in [6.45, 7) is 6.11. The minimum atomic E-state index is -3.25. The van der Waals surface area contributed by atoms with E-state index in [1.54, 1.807) is 6.20 Å². The molecule has 154 valence electrons. The van der Waals surface area contributed by atoms with Crippen molar-refractivity contribution in [1.29, 1.82) is 0 Å². The summed E-state index contributed by atoms with van der Waals surface area (Å²) in [6, 6.07) is 6.10. The van der Waals surface area contributed by atoms with Gasteiger partial charge in [0.2, 0.25) is 0 Å². The van der Waals surface area contributed by atoms with Gasteiger partial charge < -0.3 is 9.64 Å². The van der Waals surface area contributed by atoms with Crippen molar-refractivity contribution in [3.05, 3.63) is 35.7 Å². The van der Waals surface area contributed by atoms with Crippen LogP contribution in [0.3, 0.4) is 0 Å². The number of hydrogen-bond acceptors (Lipinski definition) is 6. The lowest BCUT2D eigenvalue weighted by Crippen LogP contribution is -2.44. The molecule has 2 aliphatic rings. The van der Waals surface area contributed by atoms with Crippen molar-refractivity contribution in [3.8, 4) is 5.82 Å². The van der Waals surface area contributed by atoms with E-state index in [1.165, 1.54) is 6.26 Å². The Hall–Kier alpha value is -2.39. The van der Waals surface area contributed by atoms with E-state index >= 15 is 0 Å². The number of pyridine rings is 1. The number of hydrogen-bond donors (Lipinski definition) is 1. The normalized spacial score (nSPS) is 21.6. The van der Waals surface area contributed by atoms with Crippen LogP contribution in [0, 0.1) is 6.92 Å². The molecular weight excluding hydrogens is 390 g/mol. The topological polar surface area (TPSA) is 93.1 Å². The van der Waals surface area contributed by atoms with E-state index in [1.807, 2.05) is 29.7 Å². The van der Waals surface area contributed by atoms with E-state index in [0.717, 1.165) is 40.5 Å². The molecule has 5 rings (SSSR count). The summed E-state index contributed by atoms with van der Waals surface area (Å²) >= 11 is 0. The van der Waals surface area contributed by atoms with Gasteiger partial charge in [-0.2, -0.15) is 5.10 Å². The van der Waals surface area contributed by atoms with E-state index in [4.69, 9.17) is 9.72 Å². The molecule has 1 saturated heterocycles. The van der Waals surface area contributed by atoms with Gasteiger partial charge in [-0.1, -0.05) is 0 Å². The first kappa shape index (κ1) is 18.6. The standard InChI is InChI=1S/C20H25N5O3S/c1-13-10-15-16(20(5-6-20)29(3,26)27)11-18(24-8-9-28-12-14(24)2)22-19(15)25(13)17-4-7-21-23-17/h4,7,10-11,14H,5-6,8-9,12H2,1-3H3,(H,21,23)/t14-/m1/s1. The first-order valence-corrected chi connectivity index (χ1v) is 11.8. The monoisotopic (exact) mass is 415 g/mol. The van der Waals surface area contributed by atoms with Crippen molar-refractivity contribution in [3.63, 3.8) is 0 Å². The van der Waals surface area contributed by atoms with E-state index < -0.39 is 14.6 Å². The third kappa shape index (κ3) is 2.78. The molecule has 0 bridgehead atoms. The third-order valence-electron chi connectivity index (χ3n) is 6.24. The van der Waals surface area contributed by atoms with Crippen LogP contribution in [0.15, 0.2) is 24.4 Å². The van der Waals surface area contributed by atoms with Crippen LogP contribution >= 0.6 is 0 Å². The second kappa shape index (κ2) is 6.30. The van der Waals surface area contributed by atoms with Crippen LogP contribution in [-0.4, -0.2) is 60.2 Å². The van der Waals surface area contributed by atoms with Gasteiger partial charge in [0.25, 0.3) is 0 Å². The predicted octanol–water partition coefficient (Wildman–Crippen LogP) is 2.32. The van der Waals surface area contributed by atoms with Crippen LogP contribution in [0.2, 0.25) is 0 Å².